The summed E-state index contributed by atoms with van der Waals surface area (Å²) in [6, 6.07) is 10.4. The van der Waals surface area contributed by atoms with Gasteiger partial charge >= 0.3 is 5.97 Å². The Hall–Kier alpha value is -1.77. The van der Waals surface area contributed by atoms with Gasteiger partial charge < -0.3 is 9.30 Å². The third kappa shape index (κ3) is 2.87. The number of hydrogen-bond donors (Lipinski definition) is 0. The number of fused-ring (bicyclic) bond motifs is 1. The van der Waals surface area contributed by atoms with E-state index < -0.39 is 0 Å². The van der Waals surface area contributed by atoms with Gasteiger partial charge in [-0.05, 0) is 30.9 Å². The molecule has 0 N–H and O–H groups in total. The molecule has 3 heteroatoms. The molecule has 3 nitrogen and oxygen atoms in total. The van der Waals surface area contributed by atoms with E-state index in [4.69, 9.17) is 4.74 Å². The highest BCUT2D eigenvalue weighted by Gasteiger charge is 2.03. The first-order valence-corrected chi connectivity index (χ1v) is 6.00. The zero-order chi connectivity index (χ0) is 12.1. The molecule has 0 radical (unpaired) electrons. The molecule has 0 aliphatic heterocycles. The molecule has 0 saturated heterocycles. The van der Waals surface area contributed by atoms with Gasteiger partial charge in [0.15, 0.2) is 0 Å². The number of aryl methyl sites for hydroxylation is 1. The Morgan fingerprint density at radius 3 is 2.94 bits per heavy atom. The molecule has 0 unspecified atom stereocenters. The van der Waals surface area contributed by atoms with Crippen molar-refractivity contribution in [2.24, 2.45) is 0 Å². The van der Waals surface area contributed by atoms with E-state index in [1.54, 1.807) is 0 Å². The minimum absolute atomic E-state index is 0.107. The molecule has 0 saturated carbocycles. The number of benzene rings is 1. The number of carbonyl (C=O) groups excluding carboxylic acids is 1. The van der Waals surface area contributed by atoms with Crippen LogP contribution in [-0.4, -0.2) is 17.1 Å². The SMILES string of the molecule is CCOC(=O)CCCn1ccc2ccccc21. The summed E-state index contributed by atoms with van der Waals surface area (Å²) in [7, 11) is 0. The van der Waals surface area contributed by atoms with Crippen LogP contribution in [0.2, 0.25) is 0 Å². The first-order valence-electron chi connectivity index (χ1n) is 6.00. The van der Waals surface area contributed by atoms with Crippen LogP contribution in [0.3, 0.4) is 0 Å². The number of esters is 1. The molecule has 1 aromatic carbocycles. The van der Waals surface area contributed by atoms with E-state index in [2.05, 4.69) is 29.0 Å². The fourth-order valence-electron chi connectivity index (χ4n) is 1.96. The topological polar surface area (TPSA) is 31.2 Å². The van der Waals surface area contributed by atoms with Crippen molar-refractivity contribution in [2.45, 2.75) is 26.3 Å². The van der Waals surface area contributed by atoms with Crippen LogP contribution in [0.1, 0.15) is 19.8 Å². The van der Waals surface area contributed by atoms with E-state index in [0.717, 1.165) is 13.0 Å². The van der Waals surface area contributed by atoms with Gasteiger partial charge in [-0.1, -0.05) is 18.2 Å². The second kappa shape index (κ2) is 5.53. The molecule has 0 amide bonds. The van der Waals surface area contributed by atoms with Crippen LogP contribution in [0.5, 0.6) is 0 Å². The normalized spacial score (nSPS) is 10.6. The van der Waals surface area contributed by atoms with Crippen LogP contribution in [-0.2, 0) is 16.1 Å². The Morgan fingerprint density at radius 2 is 2.12 bits per heavy atom. The maximum atomic E-state index is 11.2. The van der Waals surface area contributed by atoms with Gasteiger partial charge in [-0.2, -0.15) is 0 Å². The summed E-state index contributed by atoms with van der Waals surface area (Å²) in [4.78, 5) is 11.2. The molecule has 0 bridgehead atoms. The van der Waals surface area contributed by atoms with Gasteiger partial charge in [0.25, 0.3) is 0 Å². The van der Waals surface area contributed by atoms with Crippen molar-refractivity contribution >= 4 is 16.9 Å². The van der Waals surface area contributed by atoms with Gasteiger partial charge in [0, 0.05) is 24.7 Å². The van der Waals surface area contributed by atoms with Crippen LogP contribution >= 0.6 is 0 Å². The third-order valence-electron chi connectivity index (χ3n) is 2.77. The largest absolute Gasteiger partial charge is 0.466 e. The fraction of sp³-hybridized carbons (Fsp3) is 0.357. The van der Waals surface area contributed by atoms with Crippen molar-refractivity contribution in [3.63, 3.8) is 0 Å². The Balaban J connectivity index is 1.93. The fourth-order valence-corrected chi connectivity index (χ4v) is 1.96. The van der Waals surface area contributed by atoms with Gasteiger partial charge in [-0.15, -0.1) is 0 Å². The van der Waals surface area contributed by atoms with E-state index in [1.165, 1.54) is 10.9 Å². The van der Waals surface area contributed by atoms with Crippen LogP contribution in [0.25, 0.3) is 10.9 Å². The standard InChI is InChI=1S/C14H17NO2/c1-2-17-14(16)8-5-10-15-11-9-12-6-3-4-7-13(12)15/h3-4,6-7,9,11H,2,5,8,10H2,1H3. The molecular weight excluding hydrogens is 214 g/mol. The van der Waals surface area contributed by atoms with E-state index in [0.29, 0.717) is 13.0 Å². The van der Waals surface area contributed by atoms with Crippen molar-refractivity contribution in [3.8, 4) is 0 Å². The number of rotatable bonds is 5. The zero-order valence-corrected chi connectivity index (χ0v) is 10.1. The number of ether oxygens (including phenoxy) is 1. The van der Waals surface area contributed by atoms with Crippen molar-refractivity contribution in [1.29, 1.82) is 0 Å². The lowest BCUT2D eigenvalue weighted by molar-refractivity contribution is -0.143. The lowest BCUT2D eigenvalue weighted by Gasteiger charge is -2.05. The molecule has 0 atom stereocenters. The van der Waals surface area contributed by atoms with Gasteiger partial charge in [0.1, 0.15) is 0 Å². The van der Waals surface area contributed by atoms with Crippen molar-refractivity contribution < 1.29 is 9.53 Å². The summed E-state index contributed by atoms with van der Waals surface area (Å²) in [5.41, 5.74) is 1.22. The molecule has 90 valence electrons. The van der Waals surface area contributed by atoms with E-state index in [1.807, 2.05) is 19.1 Å². The quantitative estimate of drug-likeness (QED) is 0.741. The number of para-hydroxylation sites is 1. The van der Waals surface area contributed by atoms with Crippen LogP contribution < -0.4 is 0 Å². The lowest BCUT2D eigenvalue weighted by atomic mass is 10.2. The predicted molar refractivity (Wildman–Crippen MR) is 67.8 cm³/mol. The summed E-state index contributed by atoms with van der Waals surface area (Å²) >= 11 is 0. The Bertz CT molecular complexity index is 502. The minimum Gasteiger partial charge on any atom is -0.466 e. The molecule has 1 aromatic heterocycles. The van der Waals surface area contributed by atoms with Crippen molar-refractivity contribution in [3.05, 3.63) is 36.5 Å². The number of aromatic nitrogens is 1. The summed E-state index contributed by atoms with van der Waals surface area (Å²) in [5.74, 6) is -0.107. The van der Waals surface area contributed by atoms with Gasteiger partial charge in [0.05, 0.1) is 6.61 Å². The first-order chi connectivity index (χ1) is 8.31. The first kappa shape index (κ1) is 11.7. The molecule has 2 aromatic rings. The zero-order valence-electron chi connectivity index (χ0n) is 10.1. The number of carbonyl (C=O) groups is 1. The summed E-state index contributed by atoms with van der Waals surface area (Å²) in [6.45, 7) is 3.15. The highest BCUT2D eigenvalue weighted by Crippen LogP contribution is 2.15. The van der Waals surface area contributed by atoms with E-state index in [-0.39, 0.29) is 5.97 Å². The second-order valence-electron chi connectivity index (χ2n) is 3.98. The Morgan fingerprint density at radius 1 is 1.29 bits per heavy atom. The Labute approximate surface area is 101 Å². The average Bonchev–Trinajstić information content (AvgIpc) is 2.73. The van der Waals surface area contributed by atoms with Gasteiger partial charge in [-0.25, -0.2) is 0 Å². The monoisotopic (exact) mass is 231 g/mol. The van der Waals surface area contributed by atoms with E-state index in [9.17, 15) is 4.79 Å². The number of nitrogens with zero attached hydrogens (tertiary/aromatic N) is 1. The van der Waals surface area contributed by atoms with Crippen LogP contribution in [0.4, 0.5) is 0 Å². The van der Waals surface area contributed by atoms with Crippen molar-refractivity contribution in [2.75, 3.05) is 6.61 Å². The molecule has 2 rings (SSSR count). The minimum atomic E-state index is -0.107. The maximum Gasteiger partial charge on any atom is 0.305 e. The van der Waals surface area contributed by atoms with Gasteiger partial charge in [0.2, 0.25) is 0 Å². The lowest BCUT2D eigenvalue weighted by Crippen LogP contribution is -2.05. The molecular formula is C14H17NO2. The molecule has 0 aliphatic rings. The third-order valence-corrected chi connectivity index (χ3v) is 2.77. The highest BCUT2D eigenvalue weighted by atomic mass is 16.5. The average molecular weight is 231 g/mol. The van der Waals surface area contributed by atoms with Crippen LogP contribution in [0, 0.1) is 0 Å². The summed E-state index contributed by atoms with van der Waals surface area (Å²) in [6.07, 6.45) is 3.37. The number of hydrogen-bond acceptors (Lipinski definition) is 2. The molecule has 0 aliphatic carbocycles. The smallest absolute Gasteiger partial charge is 0.305 e. The maximum absolute atomic E-state index is 11.2. The Kier molecular flexibility index (Phi) is 3.81. The molecule has 0 fully saturated rings. The highest BCUT2D eigenvalue weighted by molar-refractivity contribution is 5.79. The molecule has 17 heavy (non-hydrogen) atoms. The second-order valence-corrected chi connectivity index (χ2v) is 3.98. The summed E-state index contributed by atoms with van der Waals surface area (Å²) in [5, 5.41) is 1.24. The molecule has 1 heterocycles. The molecule has 0 spiro atoms. The summed E-state index contributed by atoms with van der Waals surface area (Å²) < 4.78 is 7.08. The predicted octanol–water partition coefficient (Wildman–Crippen LogP) is 2.98. The van der Waals surface area contributed by atoms with Crippen molar-refractivity contribution in [1.82, 2.24) is 4.57 Å². The van der Waals surface area contributed by atoms with Gasteiger partial charge in [-0.3, -0.25) is 4.79 Å². The van der Waals surface area contributed by atoms with Crippen LogP contribution in [0.15, 0.2) is 36.5 Å². The van der Waals surface area contributed by atoms with E-state index >= 15 is 0 Å².